The minimum absolute atomic E-state index is 0.00874. The fraction of sp³-hybridized carbons (Fsp3) is 0.0769. The molecule has 1 heterocycles. The van der Waals surface area contributed by atoms with Gasteiger partial charge in [0.15, 0.2) is 11.5 Å². The van der Waals surface area contributed by atoms with E-state index in [-0.39, 0.29) is 28.5 Å². The molecule has 1 aromatic carbocycles. The van der Waals surface area contributed by atoms with Crippen LogP contribution in [-0.4, -0.2) is 39.5 Å². The molecule has 108 valence electrons. The summed E-state index contributed by atoms with van der Waals surface area (Å²) in [5, 5.41) is 28.7. The van der Waals surface area contributed by atoms with Crippen molar-refractivity contribution in [1.82, 2.24) is 10.2 Å². The summed E-state index contributed by atoms with van der Waals surface area (Å²) >= 11 is 0. The van der Waals surface area contributed by atoms with Gasteiger partial charge in [-0.25, -0.2) is 9.59 Å². The Hall–Kier alpha value is -3.16. The number of benzene rings is 1. The molecule has 0 atom stereocenters. The second-order valence-corrected chi connectivity index (χ2v) is 3.96. The molecular weight excluding hydrogens is 278 g/mol. The molecule has 1 aromatic heterocycles. The molecule has 0 aliphatic carbocycles. The van der Waals surface area contributed by atoms with E-state index in [2.05, 4.69) is 20.3 Å². The summed E-state index contributed by atoms with van der Waals surface area (Å²) in [5.41, 5.74) is 0.205. The van der Waals surface area contributed by atoms with E-state index in [9.17, 15) is 14.7 Å². The molecule has 0 amide bonds. The van der Waals surface area contributed by atoms with Crippen LogP contribution in [0.4, 0.5) is 11.5 Å². The monoisotopic (exact) mass is 289 g/mol. The summed E-state index contributed by atoms with van der Waals surface area (Å²) in [6.45, 7) is 0. The fourth-order valence-electron chi connectivity index (χ4n) is 1.52. The van der Waals surface area contributed by atoms with Crippen molar-refractivity contribution in [3.8, 4) is 5.75 Å². The van der Waals surface area contributed by atoms with Crippen molar-refractivity contribution in [2.75, 3.05) is 12.4 Å². The molecule has 0 unspecified atom stereocenters. The average molecular weight is 289 g/mol. The highest BCUT2D eigenvalue weighted by Crippen LogP contribution is 2.26. The maximum atomic E-state index is 11.2. The van der Waals surface area contributed by atoms with E-state index < -0.39 is 11.9 Å². The molecule has 21 heavy (non-hydrogen) atoms. The molecule has 0 fully saturated rings. The summed E-state index contributed by atoms with van der Waals surface area (Å²) in [5.74, 6) is -1.64. The minimum atomic E-state index is -1.12. The number of hydrogen-bond acceptors (Lipinski definition) is 7. The number of rotatable bonds is 4. The van der Waals surface area contributed by atoms with Crippen LogP contribution < -0.4 is 5.32 Å². The van der Waals surface area contributed by atoms with Gasteiger partial charge in [0.2, 0.25) is 0 Å². The lowest BCUT2D eigenvalue weighted by atomic mass is 10.2. The summed E-state index contributed by atoms with van der Waals surface area (Å²) < 4.78 is 4.49. The van der Waals surface area contributed by atoms with E-state index in [0.29, 0.717) is 0 Å². The SMILES string of the molecule is COC(=O)c1ccc(Nc2cc(C(=O)O)ccc2O)nn1. The zero-order valence-corrected chi connectivity index (χ0v) is 10.9. The van der Waals surface area contributed by atoms with Crippen LogP contribution >= 0.6 is 0 Å². The van der Waals surface area contributed by atoms with Gasteiger partial charge in [-0.3, -0.25) is 0 Å². The number of carbonyl (C=O) groups is 2. The fourth-order valence-corrected chi connectivity index (χ4v) is 1.52. The van der Waals surface area contributed by atoms with Crippen LogP contribution in [0.5, 0.6) is 5.75 Å². The lowest BCUT2D eigenvalue weighted by Crippen LogP contribution is -2.06. The van der Waals surface area contributed by atoms with E-state index in [1.807, 2.05) is 0 Å². The normalized spacial score (nSPS) is 9.95. The average Bonchev–Trinajstić information content (AvgIpc) is 2.49. The Morgan fingerprint density at radius 3 is 2.52 bits per heavy atom. The van der Waals surface area contributed by atoms with Crippen LogP contribution in [0.3, 0.4) is 0 Å². The number of carboxylic acid groups (broad SMARTS) is 1. The molecule has 3 N–H and O–H groups in total. The topological polar surface area (TPSA) is 122 Å². The highest BCUT2D eigenvalue weighted by atomic mass is 16.5. The van der Waals surface area contributed by atoms with Crippen LogP contribution in [0.25, 0.3) is 0 Å². The molecule has 0 saturated heterocycles. The van der Waals surface area contributed by atoms with E-state index in [4.69, 9.17) is 5.11 Å². The van der Waals surface area contributed by atoms with Gasteiger partial charge in [-0.15, -0.1) is 10.2 Å². The van der Waals surface area contributed by atoms with Gasteiger partial charge >= 0.3 is 11.9 Å². The molecule has 2 aromatic rings. The van der Waals surface area contributed by atoms with Crippen molar-refractivity contribution >= 4 is 23.4 Å². The zero-order valence-electron chi connectivity index (χ0n) is 10.9. The van der Waals surface area contributed by atoms with Gasteiger partial charge in [-0.1, -0.05) is 0 Å². The van der Waals surface area contributed by atoms with Crippen LogP contribution in [0.15, 0.2) is 30.3 Å². The second kappa shape index (κ2) is 5.87. The molecule has 8 heteroatoms. The Labute approximate surface area is 119 Å². The van der Waals surface area contributed by atoms with Crippen molar-refractivity contribution in [3.63, 3.8) is 0 Å². The van der Waals surface area contributed by atoms with E-state index >= 15 is 0 Å². The number of nitrogens with one attached hydrogen (secondary N) is 1. The standard InChI is InChI=1S/C13H11N3O5/c1-21-13(20)8-3-5-11(16-15-8)14-9-6-7(12(18)19)2-4-10(9)17/h2-6,17H,1H3,(H,14,16)(H,18,19). The summed E-state index contributed by atoms with van der Waals surface area (Å²) in [7, 11) is 1.23. The number of carbonyl (C=O) groups excluding carboxylic acids is 1. The smallest absolute Gasteiger partial charge is 0.358 e. The van der Waals surface area contributed by atoms with E-state index in [1.165, 1.54) is 37.4 Å². The molecule has 8 nitrogen and oxygen atoms in total. The van der Waals surface area contributed by atoms with Gasteiger partial charge in [0.25, 0.3) is 0 Å². The number of aromatic hydroxyl groups is 1. The lowest BCUT2D eigenvalue weighted by molar-refractivity contribution is 0.0592. The second-order valence-electron chi connectivity index (χ2n) is 3.96. The molecule has 0 bridgehead atoms. The lowest BCUT2D eigenvalue weighted by Gasteiger charge is -2.08. The Morgan fingerprint density at radius 2 is 1.95 bits per heavy atom. The van der Waals surface area contributed by atoms with Crippen molar-refractivity contribution in [3.05, 3.63) is 41.6 Å². The third-order valence-corrected chi connectivity index (χ3v) is 2.57. The number of ether oxygens (including phenoxy) is 1. The van der Waals surface area contributed by atoms with Crippen molar-refractivity contribution in [1.29, 1.82) is 0 Å². The van der Waals surface area contributed by atoms with Crippen molar-refractivity contribution in [2.45, 2.75) is 0 Å². The van der Waals surface area contributed by atoms with Crippen molar-refractivity contribution in [2.24, 2.45) is 0 Å². The van der Waals surface area contributed by atoms with Gasteiger partial charge in [-0.2, -0.15) is 0 Å². The first-order valence-corrected chi connectivity index (χ1v) is 5.76. The first-order valence-electron chi connectivity index (χ1n) is 5.76. The number of methoxy groups -OCH3 is 1. The summed E-state index contributed by atoms with van der Waals surface area (Å²) in [6, 6.07) is 6.62. The third kappa shape index (κ3) is 3.24. The number of esters is 1. The largest absolute Gasteiger partial charge is 0.506 e. The maximum Gasteiger partial charge on any atom is 0.358 e. The van der Waals surface area contributed by atoms with E-state index in [0.717, 1.165) is 0 Å². The van der Waals surface area contributed by atoms with Gasteiger partial charge in [-0.05, 0) is 30.3 Å². The first-order chi connectivity index (χ1) is 10.0. The number of anilines is 2. The first kappa shape index (κ1) is 14.3. The minimum Gasteiger partial charge on any atom is -0.506 e. The van der Waals surface area contributed by atoms with Gasteiger partial charge in [0.1, 0.15) is 5.75 Å². The van der Waals surface area contributed by atoms with Gasteiger partial charge in [0, 0.05) is 0 Å². The highest BCUT2D eigenvalue weighted by molar-refractivity contribution is 5.90. The molecule has 0 aliphatic rings. The zero-order chi connectivity index (χ0) is 15.4. The molecular formula is C13H11N3O5. The van der Waals surface area contributed by atoms with Gasteiger partial charge < -0.3 is 20.3 Å². The third-order valence-electron chi connectivity index (χ3n) is 2.57. The number of hydrogen-bond donors (Lipinski definition) is 3. The molecule has 0 aliphatic heterocycles. The number of aromatic nitrogens is 2. The van der Waals surface area contributed by atoms with Crippen LogP contribution in [0, 0.1) is 0 Å². The Balaban J connectivity index is 2.23. The van der Waals surface area contributed by atoms with Crippen LogP contribution in [0.2, 0.25) is 0 Å². The molecule has 0 radical (unpaired) electrons. The number of phenols is 1. The van der Waals surface area contributed by atoms with Crippen LogP contribution in [0.1, 0.15) is 20.8 Å². The number of carboxylic acids is 1. The molecule has 0 saturated carbocycles. The quantitative estimate of drug-likeness (QED) is 0.570. The number of nitrogens with zero attached hydrogens (tertiary/aromatic N) is 2. The summed E-state index contributed by atoms with van der Waals surface area (Å²) in [4.78, 5) is 22.1. The number of aromatic carboxylic acids is 1. The molecule has 0 spiro atoms. The maximum absolute atomic E-state index is 11.2. The van der Waals surface area contributed by atoms with E-state index in [1.54, 1.807) is 0 Å². The number of phenolic OH excluding ortho intramolecular Hbond substituents is 1. The van der Waals surface area contributed by atoms with Gasteiger partial charge in [0.05, 0.1) is 18.4 Å². The predicted molar refractivity (Wildman–Crippen MR) is 71.7 cm³/mol. The summed E-state index contributed by atoms with van der Waals surface area (Å²) in [6.07, 6.45) is 0. The highest BCUT2D eigenvalue weighted by Gasteiger charge is 2.10. The van der Waals surface area contributed by atoms with Crippen molar-refractivity contribution < 1.29 is 24.5 Å². The Bertz CT molecular complexity index is 685. The Kier molecular flexibility index (Phi) is 3.98. The molecule has 2 rings (SSSR count). The van der Waals surface area contributed by atoms with Crippen LogP contribution in [-0.2, 0) is 4.74 Å². The Morgan fingerprint density at radius 1 is 1.19 bits per heavy atom. The predicted octanol–water partition coefficient (Wildman–Crippen LogP) is 1.41.